The minimum absolute atomic E-state index is 0.194. The van der Waals surface area contributed by atoms with E-state index < -0.39 is 5.60 Å². The Morgan fingerprint density at radius 2 is 1.69 bits per heavy atom. The molecule has 88 valence electrons. The van der Waals surface area contributed by atoms with Crippen LogP contribution in [0.2, 0.25) is 0 Å². The van der Waals surface area contributed by atoms with Gasteiger partial charge in [-0.1, -0.05) is 31.4 Å². The Morgan fingerprint density at radius 1 is 1.06 bits per heavy atom. The molecule has 0 heterocycles. The van der Waals surface area contributed by atoms with Crippen LogP contribution in [-0.4, -0.2) is 10.7 Å². The van der Waals surface area contributed by atoms with Crippen molar-refractivity contribution in [3.8, 4) is 0 Å². The van der Waals surface area contributed by atoms with E-state index in [4.69, 9.17) is 0 Å². The zero-order valence-corrected chi connectivity index (χ0v) is 9.58. The second-order valence-electron chi connectivity index (χ2n) is 4.91. The summed E-state index contributed by atoms with van der Waals surface area (Å²) in [6.07, 6.45) is 7.02. The smallest absolute Gasteiger partial charge is 0.123 e. The van der Waals surface area contributed by atoms with Crippen molar-refractivity contribution >= 4 is 0 Å². The van der Waals surface area contributed by atoms with E-state index in [-0.39, 0.29) is 5.82 Å². The van der Waals surface area contributed by atoms with Crippen LogP contribution in [-0.2, 0) is 6.42 Å². The van der Waals surface area contributed by atoms with Crippen molar-refractivity contribution in [2.75, 3.05) is 0 Å². The molecule has 1 aromatic rings. The van der Waals surface area contributed by atoms with Gasteiger partial charge in [-0.2, -0.15) is 0 Å². The van der Waals surface area contributed by atoms with E-state index in [1.54, 1.807) is 0 Å². The number of rotatable bonds is 3. The number of hydrogen-bond acceptors (Lipinski definition) is 1. The third-order valence-corrected chi connectivity index (χ3v) is 3.58. The second kappa shape index (κ2) is 4.96. The predicted molar refractivity (Wildman–Crippen MR) is 62.8 cm³/mol. The van der Waals surface area contributed by atoms with Crippen LogP contribution < -0.4 is 0 Å². The summed E-state index contributed by atoms with van der Waals surface area (Å²) in [5.74, 6) is -0.194. The fraction of sp³-hybridized carbons (Fsp3) is 0.571. The highest BCUT2D eigenvalue weighted by atomic mass is 19.1. The monoisotopic (exact) mass is 222 g/mol. The van der Waals surface area contributed by atoms with Crippen LogP contribution in [0.25, 0.3) is 0 Å². The zero-order chi connectivity index (χ0) is 11.4. The Kier molecular flexibility index (Phi) is 3.59. The van der Waals surface area contributed by atoms with Crippen molar-refractivity contribution < 1.29 is 9.50 Å². The third-order valence-electron chi connectivity index (χ3n) is 3.58. The molecule has 1 nitrogen and oxygen atoms in total. The summed E-state index contributed by atoms with van der Waals surface area (Å²) in [6.45, 7) is 0. The molecule has 2 rings (SSSR count). The summed E-state index contributed by atoms with van der Waals surface area (Å²) in [5, 5.41) is 10.3. The van der Waals surface area contributed by atoms with Crippen molar-refractivity contribution in [3.05, 3.63) is 35.6 Å². The van der Waals surface area contributed by atoms with Crippen molar-refractivity contribution in [2.24, 2.45) is 0 Å². The fourth-order valence-corrected chi connectivity index (χ4v) is 2.49. The normalized spacial score (nSPS) is 19.6. The Morgan fingerprint density at radius 3 is 2.31 bits per heavy atom. The van der Waals surface area contributed by atoms with E-state index in [0.717, 1.165) is 44.1 Å². The molecule has 0 aliphatic heterocycles. The number of hydrogen-bond donors (Lipinski definition) is 1. The summed E-state index contributed by atoms with van der Waals surface area (Å²) < 4.78 is 12.7. The summed E-state index contributed by atoms with van der Waals surface area (Å²) >= 11 is 0. The van der Waals surface area contributed by atoms with E-state index in [1.165, 1.54) is 18.6 Å². The summed E-state index contributed by atoms with van der Waals surface area (Å²) in [6, 6.07) is 6.59. The molecule has 0 bridgehead atoms. The van der Waals surface area contributed by atoms with E-state index in [1.807, 2.05) is 12.1 Å². The molecule has 0 atom stereocenters. The van der Waals surface area contributed by atoms with Crippen molar-refractivity contribution in [1.29, 1.82) is 0 Å². The van der Waals surface area contributed by atoms with Gasteiger partial charge in [0.1, 0.15) is 5.82 Å². The highest BCUT2D eigenvalue weighted by Crippen LogP contribution is 2.31. The first-order valence-corrected chi connectivity index (χ1v) is 6.15. The summed E-state index contributed by atoms with van der Waals surface area (Å²) in [4.78, 5) is 0. The molecule has 1 aromatic carbocycles. The topological polar surface area (TPSA) is 20.2 Å². The van der Waals surface area contributed by atoms with Gasteiger partial charge in [0, 0.05) is 0 Å². The molecule has 0 saturated heterocycles. The van der Waals surface area contributed by atoms with Gasteiger partial charge < -0.3 is 5.11 Å². The van der Waals surface area contributed by atoms with Crippen molar-refractivity contribution in [1.82, 2.24) is 0 Å². The van der Waals surface area contributed by atoms with Gasteiger partial charge in [-0.15, -0.1) is 0 Å². The minimum Gasteiger partial charge on any atom is -0.390 e. The van der Waals surface area contributed by atoms with Gasteiger partial charge in [-0.3, -0.25) is 0 Å². The van der Waals surface area contributed by atoms with Crippen molar-refractivity contribution in [2.45, 2.75) is 50.5 Å². The first-order chi connectivity index (χ1) is 7.68. The van der Waals surface area contributed by atoms with Gasteiger partial charge in [0.25, 0.3) is 0 Å². The minimum atomic E-state index is -0.466. The molecule has 0 radical (unpaired) electrons. The average Bonchev–Trinajstić information content (AvgIpc) is 2.29. The van der Waals surface area contributed by atoms with E-state index >= 15 is 0 Å². The standard InChI is InChI=1S/C14H19FO/c15-13-6-4-12(5-7-13)8-11-14(16)9-2-1-3-10-14/h4-7,16H,1-3,8-11H2. The van der Waals surface area contributed by atoms with Gasteiger partial charge >= 0.3 is 0 Å². The van der Waals surface area contributed by atoms with Crippen LogP contribution in [0.1, 0.15) is 44.1 Å². The Labute approximate surface area is 96.3 Å². The third kappa shape index (κ3) is 3.05. The largest absolute Gasteiger partial charge is 0.390 e. The number of aryl methyl sites for hydroxylation is 1. The fourth-order valence-electron chi connectivity index (χ4n) is 2.49. The van der Waals surface area contributed by atoms with Crippen LogP contribution in [0, 0.1) is 5.82 Å². The van der Waals surface area contributed by atoms with Gasteiger partial charge in [-0.25, -0.2) is 4.39 Å². The van der Waals surface area contributed by atoms with Gasteiger partial charge in [0.05, 0.1) is 5.60 Å². The SMILES string of the molecule is OC1(CCc2ccc(F)cc2)CCCCC1. The maximum Gasteiger partial charge on any atom is 0.123 e. The lowest BCUT2D eigenvalue weighted by Crippen LogP contribution is -2.31. The molecule has 1 aliphatic rings. The molecule has 1 N–H and O–H groups in total. The molecule has 2 heteroatoms. The predicted octanol–water partition coefficient (Wildman–Crippen LogP) is 3.45. The molecule has 1 fully saturated rings. The van der Waals surface area contributed by atoms with Crippen LogP contribution >= 0.6 is 0 Å². The first kappa shape index (κ1) is 11.6. The lowest BCUT2D eigenvalue weighted by atomic mass is 9.81. The van der Waals surface area contributed by atoms with E-state index in [0.29, 0.717) is 0 Å². The highest BCUT2D eigenvalue weighted by Gasteiger charge is 2.28. The van der Waals surface area contributed by atoms with Crippen LogP contribution in [0.15, 0.2) is 24.3 Å². The summed E-state index contributed by atoms with van der Waals surface area (Å²) in [7, 11) is 0. The van der Waals surface area contributed by atoms with Crippen molar-refractivity contribution in [3.63, 3.8) is 0 Å². The number of benzene rings is 1. The van der Waals surface area contributed by atoms with E-state index in [9.17, 15) is 9.50 Å². The molecule has 0 spiro atoms. The van der Waals surface area contributed by atoms with Gasteiger partial charge in [0.2, 0.25) is 0 Å². The average molecular weight is 222 g/mol. The molecule has 1 saturated carbocycles. The van der Waals surface area contributed by atoms with E-state index in [2.05, 4.69) is 0 Å². The van der Waals surface area contributed by atoms with Crippen LogP contribution in [0.5, 0.6) is 0 Å². The quantitative estimate of drug-likeness (QED) is 0.830. The Hall–Kier alpha value is -0.890. The lowest BCUT2D eigenvalue weighted by molar-refractivity contribution is -0.00341. The second-order valence-corrected chi connectivity index (χ2v) is 4.91. The number of aliphatic hydroxyl groups is 1. The summed E-state index contributed by atoms with van der Waals surface area (Å²) in [5.41, 5.74) is 0.646. The maximum atomic E-state index is 12.7. The number of halogens is 1. The Bertz CT molecular complexity index is 325. The maximum absolute atomic E-state index is 12.7. The van der Waals surface area contributed by atoms with Crippen LogP contribution in [0.3, 0.4) is 0 Å². The first-order valence-electron chi connectivity index (χ1n) is 6.15. The molecular formula is C14H19FO. The van der Waals surface area contributed by atoms with Gasteiger partial charge in [0.15, 0.2) is 0 Å². The lowest BCUT2D eigenvalue weighted by Gasteiger charge is -2.32. The molecule has 0 unspecified atom stereocenters. The molecule has 1 aliphatic carbocycles. The molecular weight excluding hydrogens is 203 g/mol. The Balaban J connectivity index is 1.88. The highest BCUT2D eigenvalue weighted by molar-refractivity contribution is 5.16. The molecule has 0 aromatic heterocycles. The van der Waals surface area contributed by atoms with Crippen LogP contribution in [0.4, 0.5) is 4.39 Å². The zero-order valence-electron chi connectivity index (χ0n) is 9.58. The molecule has 16 heavy (non-hydrogen) atoms. The molecule has 0 amide bonds. The van der Waals surface area contributed by atoms with Gasteiger partial charge in [-0.05, 0) is 43.4 Å².